The Morgan fingerprint density at radius 1 is 1.16 bits per heavy atom. The van der Waals surface area contributed by atoms with Crippen LogP contribution in [-0.4, -0.2) is 61.6 Å². The molecular formula is C20H35N5. The van der Waals surface area contributed by atoms with Gasteiger partial charge in [0.15, 0.2) is 5.96 Å². The van der Waals surface area contributed by atoms with Crippen LogP contribution >= 0.6 is 0 Å². The topological polar surface area (TPSA) is 56.9 Å². The molecule has 0 bridgehead atoms. The lowest BCUT2D eigenvalue weighted by molar-refractivity contribution is 0.136. The molecule has 1 aromatic carbocycles. The minimum atomic E-state index is 0.512. The normalized spacial score (nSPS) is 17.2. The quantitative estimate of drug-likeness (QED) is 0.432. The third-order valence-electron chi connectivity index (χ3n) is 4.90. The molecule has 1 aliphatic rings. The summed E-state index contributed by atoms with van der Waals surface area (Å²) in [4.78, 5) is 9.54. The molecule has 0 aromatic heterocycles. The first-order valence-electron chi connectivity index (χ1n) is 9.70. The van der Waals surface area contributed by atoms with Gasteiger partial charge in [0, 0.05) is 38.4 Å². The Morgan fingerprint density at radius 3 is 2.56 bits per heavy atom. The summed E-state index contributed by atoms with van der Waals surface area (Å²) in [6.07, 6.45) is 2.27. The molecule has 1 saturated heterocycles. The molecule has 0 amide bonds. The number of unbranched alkanes of at least 4 members (excludes halogenated alkanes) is 1. The van der Waals surface area contributed by atoms with Gasteiger partial charge in [0.1, 0.15) is 0 Å². The molecule has 1 heterocycles. The molecule has 0 spiro atoms. The van der Waals surface area contributed by atoms with Crippen LogP contribution in [0.1, 0.15) is 45.1 Å². The van der Waals surface area contributed by atoms with Gasteiger partial charge in [0.05, 0.1) is 0 Å². The Labute approximate surface area is 153 Å². The molecule has 2 rings (SSSR count). The highest BCUT2D eigenvalue weighted by Crippen LogP contribution is 2.18. The number of hydrogen-bond donors (Lipinski definition) is 2. The zero-order chi connectivity index (χ0) is 18.1. The van der Waals surface area contributed by atoms with Crippen LogP contribution in [0.2, 0.25) is 0 Å². The van der Waals surface area contributed by atoms with Crippen LogP contribution < -0.4 is 11.1 Å². The summed E-state index contributed by atoms with van der Waals surface area (Å²) in [6.45, 7) is 14.6. The van der Waals surface area contributed by atoms with Crippen LogP contribution in [0.15, 0.2) is 29.3 Å². The molecule has 1 aromatic rings. The van der Waals surface area contributed by atoms with Crippen molar-refractivity contribution >= 4 is 11.6 Å². The van der Waals surface area contributed by atoms with Gasteiger partial charge in [-0.05, 0) is 49.5 Å². The van der Waals surface area contributed by atoms with E-state index in [-0.39, 0.29) is 0 Å². The second kappa shape index (κ2) is 10.4. The van der Waals surface area contributed by atoms with Crippen molar-refractivity contribution in [2.45, 2.75) is 39.5 Å². The van der Waals surface area contributed by atoms with E-state index in [0.29, 0.717) is 11.9 Å². The summed E-state index contributed by atoms with van der Waals surface area (Å²) in [7, 11) is 0. The highest BCUT2D eigenvalue weighted by Gasteiger charge is 2.14. The highest BCUT2D eigenvalue weighted by atomic mass is 15.3. The molecule has 1 fully saturated rings. The average molecular weight is 346 g/mol. The number of benzene rings is 1. The molecule has 0 radical (unpaired) electrons. The molecule has 25 heavy (non-hydrogen) atoms. The molecule has 0 saturated carbocycles. The number of nitrogens with one attached hydrogen (secondary N) is 1. The second-order valence-corrected chi connectivity index (χ2v) is 7.16. The minimum Gasteiger partial charge on any atom is -0.370 e. The van der Waals surface area contributed by atoms with Gasteiger partial charge in [-0.15, -0.1) is 0 Å². The molecule has 0 atom stereocenters. The number of hydrogen-bond acceptors (Lipinski definition) is 3. The van der Waals surface area contributed by atoms with Crippen LogP contribution in [-0.2, 0) is 0 Å². The fraction of sp³-hybridized carbons (Fsp3) is 0.650. The van der Waals surface area contributed by atoms with Crippen LogP contribution in [0.4, 0.5) is 5.69 Å². The lowest BCUT2D eigenvalue weighted by atomic mass is 10.0. The Hall–Kier alpha value is -1.59. The van der Waals surface area contributed by atoms with Crippen LogP contribution in [0, 0.1) is 0 Å². The first-order valence-corrected chi connectivity index (χ1v) is 9.70. The maximum Gasteiger partial charge on any atom is 0.193 e. The van der Waals surface area contributed by atoms with E-state index in [4.69, 9.17) is 5.73 Å². The van der Waals surface area contributed by atoms with E-state index in [1.165, 1.54) is 51.3 Å². The highest BCUT2D eigenvalue weighted by molar-refractivity contribution is 5.92. The largest absolute Gasteiger partial charge is 0.370 e. The zero-order valence-electron chi connectivity index (χ0n) is 16.2. The zero-order valence-corrected chi connectivity index (χ0v) is 16.2. The third-order valence-corrected chi connectivity index (χ3v) is 4.90. The predicted octanol–water partition coefficient (Wildman–Crippen LogP) is 2.95. The Morgan fingerprint density at radius 2 is 1.88 bits per heavy atom. The number of anilines is 1. The number of nitrogens with zero attached hydrogens (tertiary/aromatic N) is 3. The van der Waals surface area contributed by atoms with Gasteiger partial charge in [-0.25, -0.2) is 0 Å². The fourth-order valence-corrected chi connectivity index (χ4v) is 3.14. The number of piperazine rings is 1. The number of likely N-dealkylation sites (N-methyl/N-ethyl adjacent to an activating group) is 1. The maximum atomic E-state index is 6.01. The number of guanidine groups is 1. The summed E-state index contributed by atoms with van der Waals surface area (Å²) >= 11 is 0. The van der Waals surface area contributed by atoms with Crippen LogP contribution in [0.3, 0.4) is 0 Å². The Kier molecular flexibility index (Phi) is 8.22. The van der Waals surface area contributed by atoms with E-state index in [9.17, 15) is 0 Å². The molecular weight excluding hydrogens is 310 g/mol. The van der Waals surface area contributed by atoms with Crippen molar-refractivity contribution in [3.63, 3.8) is 0 Å². The van der Waals surface area contributed by atoms with E-state index < -0.39 is 0 Å². The Bertz CT molecular complexity index is 533. The molecule has 5 heteroatoms. The summed E-state index contributed by atoms with van der Waals surface area (Å²) in [5.41, 5.74) is 8.33. The second-order valence-electron chi connectivity index (χ2n) is 7.16. The van der Waals surface area contributed by atoms with E-state index in [1.54, 1.807) is 0 Å². The minimum absolute atomic E-state index is 0.512. The summed E-state index contributed by atoms with van der Waals surface area (Å²) in [5, 5.41) is 3.20. The van der Waals surface area contributed by atoms with Crippen molar-refractivity contribution in [1.29, 1.82) is 0 Å². The van der Waals surface area contributed by atoms with E-state index in [0.717, 1.165) is 18.7 Å². The van der Waals surface area contributed by atoms with Crippen LogP contribution in [0.5, 0.6) is 0 Å². The van der Waals surface area contributed by atoms with Gasteiger partial charge < -0.3 is 20.9 Å². The maximum absolute atomic E-state index is 6.01. The van der Waals surface area contributed by atoms with Gasteiger partial charge in [-0.2, -0.15) is 0 Å². The monoisotopic (exact) mass is 345 g/mol. The van der Waals surface area contributed by atoms with Gasteiger partial charge in [-0.1, -0.05) is 32.9 Å². The van der Waals surface area contributed by atoms with E-state index in [1.807, 2.05) is 6.07 Å². The summed E-state index contributed by atoms with van der Waals surface area (Å²) < 4.78 is 0. The van der Waals surface area contributed by atoms with Crippen LogP contribution in [0.25, 0.3) is 0 Å². The van der Waals surface area contributed by atoms with Gasteiger partial charge in [0.2, 0.25) is 0 Å². The molecule has 0 unspecified atom stereocenters. The SMILES string of the molecule is CCN1CCN(CCCCN=C(N)Nc2cccc(C(C)C)c2)CC1. The molecule has 140 valence electrons. The number of aliphatic imine (C=N–C) groups is 1. The summed E-state index contributed by atoms with van der Waals surface area (Å²) in [6, 6.07) is 8.37. The van der Waals surface area contributed by atoms with Gasteiger partial charge in [-0.3, -0.25) is 4.99 Å². The lowest BCUT2D eigenvalue weighted by Crippen LogP contribution is -2.46. The fourth-order valence-electron chi connectivity index (χ4n) is 3.14. The predicted molar refractivity (Wildman–Crippen MR) is 108 cm³/mol. The van der Waals surface area contributed by atoms with E-state index >= 15 is 0 Å². The number of nitrogens with two attached hydrogens (primary N) is 1. The first kappa shape index (κ1) is 19.7. The molecule has 0 aliphatic carbocycles. The number of rotatable bonds is 8. The van der Waals surface area contributed by atoms with E-state index in [2.05, 4.69) is 59.1 Å². The lowest BCUT2D eigenvalue weighted by Gasteiger charge is -2.33. The van der Waals surface area contributed by atoms with Crippen molar-refractivity contribution in [2.75, 3.05) is 51.1 Å². The van der Waals surface area contributed by atoms with Crippen molar-refractivity contribution in [3.05, 3.63) is 29.8 Å². The van der Waals surface area contributed by atoms with Crippen molar-refractivity contribution in [1.82, 2.24) is 9.80 Å². The summed E-state index contributed by atoms with van der Waals surface area (Å²) in [5.74, 6) is 1.02. The first-order chi connectivity index (χ1) is 12.1. The molecule has 5 nitrogen and oxygen atoms in total. The molecule has 3 N–H and O–H groups in total. The standard InChI is InChI=1S/C20H35N5/c1-4-24-12-14-25(15-13-24)11-6-5-10-22-20(21)23-19-9-7-8-18(16-19)17(2)3/h7-9,16-17H,4-6,10-15H2,1-3H3,(H3,21,22,23). The van der Waals surface area contributed by atoms with Crippen molar-refractivity contribution in [3.8, 4) is 0 Å². The molecule has 1 aliphatic heterocycles. The van der Waals surface area contributed by atoms with Gasteiger partial charge in [0.25, 0.3) is 0 Å². The van der Waals surface area contributed by atoms with Crippen molar-refractivity contribution in [2.24, 2.45) is 10.7 Å². The Balaban J connectivity index is 1.64. The smallest absolute Gasteiger partial charge is 0.193 e. The third kappa shape index (κ3) is 7.04. The van der Waals surface area contributed by atoms with Crippen molar-refractivity contribution < 1.29 is 0 Å². The average Bonchev–Trinajstić information content (AvgIpc) is 2.62. The van der Waals surface area contributed by atoms with Gasteiger partial charge >= 0.3 is 0 Å².